The van der Waals surface area contributed by atoms with E-state index in [1.54, 1.807) is 13.2 Å². The fourth-order valence-corrected chi connectivity index (χ4v) is 2.90. The van der Waals surface area contributed by atoms with Gasteiger partial charge in [0.1, 0.15) is 0 Å². The first kappa shape index (κ1) is 13.8. The molecule has 0 fully saturated rings. The first-order valence-corrected chi connectivity index (χ1v) is 7.32. The lowest BCUT2D eigenvalue weighted by Crippen LogP contribution is -2.10. The molecule has 0 saturated heterocycles. The van der Waals surface area contributed by atoms with Crippen LogP contribution in [0.2, 0.25) is 0 Å². The van der Waals surface area contributed by atoms with Crippen molar-refractivity contribution in [2.45, 2.75) is 18.6 Å². The maximum absolute atomic E-state index is 14.3. The van der Waals surface area contributed by atoms with Crippen LogP contribution in [-0.4, -0.2) is 30.3 Å². The van der Waals surface area contributed by atoms with E-state index in [4.69, 9.17) is 0 Å². The lowest BCUT2D eigenvalue weighted by atomic mass is 10.0. The van der Waals surface area contributed by atoms with Crippen molar-refractivity contribution in [2.75, 3.05) is 0 Å². The zero-order valence-electron chi connectivity index (χ0n) is 12.4. The summed E-state index contributed by atoms with van der Waals surface area (Å²) >= 11 is 0. The zero-order valence-corrected chi connectivity index (χ0v) is 12.4. The van der Waals surface area contributed by atoms with Gasteiger partial charge in [0.15, 0.2) is 12.0 Å². The molecule has 0 amide bonds. The molecule has 6 nitrogen and oxygen atoms in total. The summed E-state index contributed by atoms with van der Waals surface area (Å²) in [6.07, 6.45) is 2.12. The number of fused-ring (bicyclic) bond motifs is 1. The van der Waals surface area contributed by atoms with Crippen molar-refractivity contribution < 1.29 is 9.18 Å². The van der Waals surface area contributed by atoms with Gasteiger partial charge < -0.3 is 0 Å². The molecule has 0 N–H and O–H groups in total. The van der Waals surface area contributed by atoms with Crippen LogP contribution in [0.25, 0.3) is 0 Å². The molecular formula is C16H14FN5O. The molecule has 1 aliphatic heterocycles. The number of rotatable bonds is 3. The van der Waals surface area contributed by atoms with Crippen molar-refractivity contribution in [2.24, 2.45) is 7.05 Å². The van der Waals surface area contributed by atoms with Crippen molar-refractivity contribution in [3.05, 3.63) is 65.5 Å². The van der Waals surface area contributed by atoms with Gasteiger partial charge >= 0.3 is 0 Å². The minimum absolute atomic E-state index is 0.0104. The summed E-state index contributed by atoms with van der Waals surface area (Å²) < 4.78 is 17.3. The summed E-state index contributed by atoms with van der Waals surface area (Å²) in [5.41, 5.74) is 1.35. The molecule has 1 aliphatic rings. The van der Waals surface area contributed by atoms with Gasteiger partial charge in [-0.15, -0.1) is 5.10 Å². The molecule has 1 aromatic carbocycles. The molecule has 4 rings (SSSR count). The first-order chi connectivity index (χ1) is 11.1. The number of carbonyl (C=O) groups excluding carboxylic acids is 1. The molecule has 0 radical (unpaired) electrons. The predicted octanol–water partition coefficient (Wildman–Crippen LogP) is 2.25. The van der Waals surface area contributed by atoms with Crippen LogP contribution in [0.4, 0.5) is 4.39 Å². The second-order valence-corrected chi connectivity index (χ2v) is 5.60. The summed E-state index contributed by atoms with van der Waals surface area (Å²) in [6, 6.07) is 9.33. The minimum atomic E-state index is -1.22. The second-order valence-electron chi connectivity index (χ2n) is 5.60. The third-order valence-corrected chi connectivity index (χ3v) is 4.02. The maximum atomic E-state index is 14.3. The van der Waals surface area contributed by atoms with Crippen LogP contribution in [0.1, 0.15) is 46.2 Å². The quantitative estimate of drug-likeness (QED) is 0.696. The Morgan fingerprint density at radius 2 is 2.09 bits per heavy atom. The fourth-order valence-electron chi connectivity index (χ4n) is 2.90. The highest BCUT2D eigenvalue weighted by Gasteiger charge is 2.36. The first-order valence-electron chi connectivity index (χ1n) is 7.32. The summed E-state index contributed by atoms with van der Waals surface area (Å²) in [7, 11) is 1.72. The van der Waals surface area contributed by atoms with Gasteiger partial charge in [-0.2, -0.15) is 5.10 Å². The summed E-state index contributed by atoms with van der Waals surface area (Å²) in [4.78, 5) is 16.5. The molecule has 0 spiro atoms. The van der Waals surface area contributed by atoms with Crippen LogP contribution in [0, 0.1) is 0 Å². The molecular weight excluding hydrogens is 297 g/mol. The number of benzene rings is 1. The topological polar surface area (TPSA) is 65.6 Å². The number of aryl methyl sites for hydroxylation is 1. The van der Waals surface area contributed by atoms with Crippen molar-refractivity contribution in [3.8, 4) is 0 Å². The average Bonchev–Trinajstić information content (AvgIpc) is 3.25. The van der Waals surface area contributed by atoms with Gasteiger partial charge in [-0.3, -0.25) is 9.48 Å². The van der Waals surface area contributed by atoms with Crippen molar-refractivity contribution in [1.29, 1.82) is 0 Å². The van der Waals surface area contributed by atoms with E-state index in [1.807, 2.05) is 30.3 Å². The molecule has 3 heterocycles. The molecule has 0 bridgehead atoms. The molecule has 0 saturated carbocycles. The minimum Gasteiger partial charge on any atom is -0.285 e. The van der Waals surface area contributed by atoms with E-state index in [2.05, 4.69) is 15.2 Å². The van der Waals surface area contributed by atoms with E-state index in [-0.39, 0.29) is 23.5 Å². The maximum Gasteiger partial charge on any atom is 0.235 e. The Hall–Kier alpha value is -2.83. The Kier molecular flexibility index (Phi) is 3.07. The third-order valence-electron chi connectivity index (χ3n) is 4.02. The van der Waals surface area contributed by atoms with E-state index in [9.17, 15) is 9.18 Å². The molecule has 7 heteroatoms. The number of nitrogens with zero attached hydrogens (tertiary/aromatic N) is 5. The SMILES string of the molecule is Cn1cc(C(=O)c2nc3n(n2)[C@H](c2ccccc2)CC3F)cn1. The van der Waals surface area contributed by atoms with Crippen LogP contribution in [-0.2, 0) is 7.05 Å². The lowest BCUT2D eigenvalue weighted by Gasteiger charge is -2.11. The molecule has 3 aromatic rings. The monoisotopic (exact) mass is 311 g/mol. The van der Waals surface area contributed by atoms with Gasteiger partial charge in [-0.25, -0.2) is 14.1 Å². The van der Waals surface area contributed by atoms with E-state index < -0.39 is 6.17 Å². The number of hydrogen-bond acceptors (Lipinski definition) is 4. The molecule has 23 heavy (non-hydrogen) atoms. The van der Waals surface area contributed by atoms with Gasteiger partial charge in [0.25, 0.3) is 0 Å². The third kappa shape index (κ3) is 2.25. The highest BCUT2D eigenvalue weighted by Crippen LogP contribution is 2.39. The zero-order chi connectivity index (χ0) is 16.0. The highest BCUT2D eigenvalue weighted by molar-refractivity contribution is 6.06. The summed E-state index contributed by atoms with van der Waals surface area (Å²) in [6.45, 7) is 0. The average molecular weight is 311 g/mol. The molecule has 2 atom stereocenters. The van der Waals surface area contributed by atoms with Crippen molar-refractivity contribution >= 4 is 5.78 Å². The van der Waals surface area contributed by atoms with E-state index in [0.29, 0.717) is 12.0 Å². The Balaban J connectivity index is 1.72. The van der Waals surface area contributed by atoms with Gasteiger partial charge in [-0.1, -0.05) is 30.3 Å². The van der Waals surface area contributed by atoms with Crippen LogP contribution in [0.5, 0.6) is 0 Å². The Morgan fingerprint density at radius 3 is 2.78 bits per heavy atom. The van der Waals surface area contributed by atoms with Gasteiger partial charge in [0.05, 0.1) is 17.8 Å². The lowest BCUT2D eigenvalue weighted by molar-refractivity contribution is 0.102. The summed E-state index contributed by atoms with van der Waals surface area (Å²) in [5, 5.41) is 8.23. The van der Waals surface area contributed by atoms with Crippen LogP contribution >= 0.6 is 0 Å². The molecule has 2 aromatic heterocycles. The number of halogens is 1. The van der Waals surface area contributed by atoms with E-state index >= 15 is 0 Å². The standard InChI is InChI=1S/C16H14FN5O/c1-21-9-11(8-18-21)14(23)15-19-16-12(17)7-13(22(16)20-15)10-5-3-2-4-6-10/h2-6,8-9,12-13H,7H2,1H3/t12?,13-/m0/s1. The van der Waals surface area contributed by atoms with E-state index in [1.165, 1.54) is 15.6 Å². The normalized spacial score (nSPS) is 19.7. The van der Waals surface area contributed by atoms with Gasteiger partial charge in [0, 0.05) is 19.7 Å². The molecule has 116 valence electrons. The number of ketones is 1. The van der Waals surface area contributed by atoms with Gasteiger partial charge in [0.2, 0.25) is 11.6 Å². The van der Waals surface area contributed by atoms with Crippen LogP contribution < -0.4 is 0 Å². The number of hydrogen-bond donors (Lipinski definition) is 0. The second kappa shape index (κ2) is 5.12. The Labute approximate surface area is 131 Å². The number of carbonyl (C=O) groups is 1. The fraction of sp³-hybridized carbons (Fsp3) is 0.250. The number of aromatic nitrogens is 5. The molecule has 0 aliphatic carbocycles. The largest absolute Gasteiger partial charge is 0.285 e. The van der Waals surface area contributed by atoms with Crippen molar-refractivity contribution in [1.82, 2.24) is 24.5 Å². The Morgan fingerprint density at radius 1 is 1.30 bits per heavy atom. The molecule has 1 unspecified atom stereocenters. The summed E-state index contributed by atoms with van der Waals surface area (Å²) in [5.74, 6) is -0.124. The van der Waals surface area contributed by atoms with Crippen molar-refractivity contribution in [3.63, 3.8) is 0 Å². The van der Waals surface area contributed by atoms with Crippen LogP contribution in [0.3, 0.4) is 0 Å². The predicted molar refractivity (Wildman–Crippen MR) is 79.7 cm³/mol. The number of alkyl halides is 1. The Bertz CT molecular complexity index is 870. The van der Waals surface area contributed by atoms with Crippen LogP contribution in [0.15, 0.2) is 42.7 Å². The smallest absolute Gasteiger partial charge is 0.235 e. The van der Waals surface area contributed by atoms with E-state index in [0.717, 1.165) is 5.56 Å². The van der Waals surface area contributed by atoms with Gasteiger partial charge in [-0.05, 0) is 5.56 Å². The highest BCUT2D eigenvalue weighted by atomic mass is 19.1.